The molecular formula is C15H17ClN2. The molecule has 0 fully saturated rings. The number of nitrogens with zero attached hydrogens (tertiary/aromatic N) is 2. The first-order valence-electron chi connectivity index (χ1n) is 6.19. The molecule has 2 rings (SSSR count). The molecule has 0 amide bonds. The Morgan fingerprint density at radius 3 is 2.44 bits per heavy atom. The van der Waals surface area contributed by atoms with Crippen LogP contribution >= 0.6 is 11.6 Å². The lowest BCUT2D eigenvalue weighted by Gasteiger charge is -2.07. The molecule has 0 N–H and O–H groups in total. The number of aromatic nitrogens is 2. The lowest BCUT2D eigenvalue weighted by atomic mass is 10.0. The molecule has 0 unspecified atom stereocenters. The van der Waals surface area contributed by atoms with Gasteiger partial charge in [0.1, 0.15) is 5.82 Å². The van der Waals surface area contributed by atoms with Crippen molar-refractivity contribution in [3.05, 3.63) is 47.9 Å². The van der Waals surface area contributed by atoms with Crippen molar-refractivity contribution >= 4 is 11.6 Å². The van der Waals surface area contributed by atoms with E-state index in [-0.39, 0.29) is 0 Å². The van der Waals surface area contributed by atoms with E-state index in [1.165, 1.54) is 5.56 Å². The molecule has 3 heteroatoms. The molecule has 1 heterocycles. The Hall–Kier alpha value is -1.41. The third-order valence-corrected chi connectivity index (χ3v) is 3.09. The predicted octanol–water partition coefficient (Wildman–Crippen LogP) is 4.05. The van der Waals surface area contributed by atoms with Gasteiger partial charge >= 0.3 is 0 Å². The van der Waals surface area contributed by atoms with Gasteiger partial charge < -0.3 is 0 Å². The van der Waals surface area contributed by atoms with E-state index in [2.05, 4.69) is 48.1 Å². The third-order valence-electron chi connectivity index (χ3n) is 2.90. The van der Waals surface area contributed by atoms with Crippen LogP contribution in [0.1, 0.15) is 31.2 Å². The first kappa shape index (κ1) is 13.0. The van der Waals surface area contributed by atoms with Gasteiger partial charge in [-0.15, -0.1) is 11.6 Å². The average molecular weight is 261 g/mol. The molecule has 0 atom stereocenters. The van der Waals surface area contributed by atoms with Crippen molar-refractivity contribution in [2.75, 3.05) is 5.88 Å². The summed E-state index contributed by atoms with van der Waals surface area (Å²) >= 11 is 5.71. The molecule has 2 nitrogen and oxygen atoms in total. The molecule has 2 aromatic rings. The minimum atomic E-state index is 0.551. The highest BCUT2D eigenvalue weighted by molar-refractivity contribution is 6.17. The van der Waals surface area contributed by atoms with Crippen molar-refractivity contribution in [1.29, 1.82) is 0 Å². The average Bonchev–Trinajstić information content (AvgIpc) is 2.39. The summed E-state index contributed by atoms with van der Waals surface area (Å²) in [6.07, 6.45) is 2.50. The molecule has 94 valence electrons. The highest BCUT2D eigenvalue weighted by Gasteiger charge is 2.03. The lowest BCUT2D eigenvalue weighted by Crippen LogP contribution is -1.97. The summed E-state index contributed by atoms with van der Waals surface area (Å²) in [5.74, 6) is 1.90. The SMILES string of the molecule is CC(C)c1ccc(-c2ccnc(CCCl)n2)cc1. The minimum Gasteiger partial charge on any atom is -0.241 e. The summed E-state index contributed by atoms with van der Waals surface area (Å²) in [6, 6.07) is 10.5. The van der Waals surface area contributed by atoms with E-state index in [0.717, 1.165) is 17.1 Å². The number of aryl methyl sites for hydroxylation is 1. The molecule has 0 aliphatic carbocycles. The van der Waals surface area contributed by atoms with Crippen molar-refractivity contribution in [3.63, 3.8) is 0 Å². The van der Waals surface area contributed by atoms with E-state index in [1.54, 1.807) is 6.20 Å². The van der Waals surface area contributed by atoms with Gasteiger partial charge in [0.25, 0.3) is 0 Å². The van der Waals surface area contributed by atoms with Crippen molar-refractivity contribution in [3.8, 4) is 11.3 Å². The van der Waals surface area contributed by atoms with Gasteiger partial charge in [-0.1, -0.05) is 38.1 Å². The number of alkyl halides is 1. The number of benzene rings is 1. The minimum absolute atomic E-state index is 0.551. The summed E-state index contributed by atoms with van der Waals surface area (Å²) < 4.78 is 0. The Kier molecular flexibility index (Phi) is 4.32. The first-order chi connectivity index (χ1) is 8.70. The standard InChI is InChI=1S/C15H17ClN2/c1-11(2)12-3-5-13(6-4-12)14-8-10-17-15(18-14)7-9-16/h3-6,8,10-11H,7,9H2,1-2H3. The van der Waals surface area contributed by atoms with Gasteiger partial charge in [0.2, 0.25) is 0 Å². The molecule has 0 saturated heterocycles. The smallest absolute Gasteiger partial charge is 0.130 e. The maximum absolute atomic E-state index is 5.71. The topological polar surface area (TPSA) is 25.8 Å². The van der Waals surface area contributed by atoms with E-state index in [0.29, 0.717) is 18.2 Å². The van der Waals surface area contributed by atoms with Crippen LogP contribution in [0.5, 0.6) is 0 Å². The summed E-state index contributed by atoms with van der Waals surface area (Å²) in [6.45, 7) is 4.39. The monoisotopic (exact) mass is 260 g/mol. The van der Waals surface area contributed by atoms with Crippen molar-refractivity contribution in [2.24, 2.45) is 0 Å². The zero-order valence-electron chi connectivity index (χ0n) is 10.7. The van der Waals surface area contributed by atoms with E-state index in [9.17, 15) is 0 Å². The van der Waals surface area contributed by atoms with Gasteiger partial charge in [-0.25, -0.2) is 9.97 Å². The van der Waals surface area contributed by atoms with Crippen LogP contribution in [0.4, 0.5) is 0 Å². The van der Waals surface area contributed by atoms with Crippen molar-refractivity contribution < 1.29 is 0 Å². The lowest BCUT2D eigenvalue weighted by molar-refractivity contribution is 0.867. The fraction of sp³-hybridized carbons (Fsp3) is 0.333. The van der Waals surface area contributed by atoms with Crippen LogP contribution in [0.15, 0.2) is 36.5 Å². The van der Waals surface area contributed by atoms with Gasteiger partial charge in [-0.2, -0.15) is 0 Å². The van der Waals surface area contributed by atoms with E-state index < -0.39 is 0 Å². The van der Waals surface area contributed by atoms with Gasteiger partial charge in [-0.3, -0.25) is 0 Å². The molecular weight excluding hydrogens is 244 g/mol. The Balaban J connectivity index is 2.27. The van der Waals surface area contributed by atoms with E-state index >= 15 is 0 Å². The Bertz CT molecular complexity index is 506. The second kappa shape index (κ2) is 5.96. The van der Waals surface area contributed by atoms with E-state index in [4.69, 9.17) is 11.6 Å². The summed E-state index contributed by atoms with van der Waals surface area (Å²) in [7, 11) is 0. The van der Waals surface area contributed by atoms with Crippen LogP contribution in [0.25, 0.3) is 11.3 Å². The molecule has 0 bridgehead atoms. The van der Waals surface area contributed by atoms with E-state index in [1.807, 2.05) is 6.07 Å². The molecule has 1 aromatic carbocycles. The maximum atomic E-state index is 5.71. The molecule has 0 aliphatic rings. The number of hydrogen-bond donors (Lipinski definition) is 0. The van der Waals surface area contributed by atoms with Gasteiger partial charge in [-0.05, 0) is 17.5 Å². The molecule has 1 aromatic heterocycles. The second-order valence-electron chi connectivity index (χ2n) is 4.57. The second-order valence-corrected chi connectivity index (χ2v) is 4.95. The fourth-order valence-electron chi connectivity index (χ4n) is 1.80. The first-order valence-corrected chi connectivity index (χ1v) is 6.72. The van der Waals surface area contributed by atoms with Crippen LogP contribution < -0.4 is 0 Å². The third kappa shape index (κ3) is 3.08. The fourth-order valence-corrected chi connectivity index (χ4v) is 1.97. The molecule has 0 aliphatic heterocycles. The zero-order valence-corrected chi connectivity index (χ0v) is 11.5. The predicted molar refractivity (Wildman–Crippen MR) is 76.0 cm³/mol. The number of hydrogen-bond acceptors (Lipinski definition) is 2. The van der Waals surface area contributed by atoms with Crippen LogP contribution in [-0.2, 0) is 6.42 Å². The van der Waals surface area contributed by atoms with Crippen LogP contribution in [0.3, 0.4) is 0 Å². The molecule has 18 heavy (non-hydrogen) atoms. The van der Waals surface area contributed by atoms with Gasteiger partial charge in [0, 0.05) is 24.1 Å². The van der Waals surface area contributed by atoms with Crippen LogP contribution in [-0.4, -0.2) is 15.8 Å². The highest BCUT2D eigenvalue weighted by Crippen LogP contribution is 2.21. The normalized spacial score (nSPS) is 10.9. The van der Waals surface area contributed by atoms with Crippen molar-refractivity contribution in [1.82, 2.24) is 9.97 Å². The number of halogens is 1. The van der Waals surface area contributed by atoms with Gasteiger partial charge in [0.05, 0.1) is 5.69 Å². The molecule has 0 radical (unpaired) electrons. The summed E-state index contributed by atoms with van der Waals surface area (Å²) in [5, 5.41) is 0. The molecule has 0 spiro atoms. The quantitative estimate of drug-likeness (QED) is 0.775. The van der Waals surface area contributed by atoms with Gasteiger partial charge in [0.15, 0.2) is 0 Å². The maximum Gasteiger partial charge on any atom is 0.130 e. The van der Waals surface area contributed by atoms with Crippen LogP contribution in [0.2, 0.25) is 0 Å². The largest absolute Gasteiger partial charge is 0.241 e. The Labute approximate surface area is 113 Å². The number of rotatable bonds is 4. The van der Waals surface area contributed by atoms with Crippen LogP contribution in [0, 0.1) is 0 Å². The summed E-state index contributed by atoms with van der Waals surface area (Å²) in [4.78, 5) is 8.72. The highest BCUT2D eigenvalue weighted by atomic mass is 35.5. The Morgan fingerprint density at radius 1 is 1.11 bits per heavy atom. The zero-order chi connectivity index (χ0) is 13.0. The Morgan fingerprint density at radius 2 is 1.83 bits per heavy atom. The molecule has 0 saturated carbocycles. The van der Waals surface area contributed by atoms with Crippen molar-refractivity contribution in [2.45, 2.75) is 26.2 Å². The summed E-state index contributed by atoms with van der Waals surface area (Å²) in [5.41, 5.74) is 3.42.